The van der Waals surface area contributed by atoms with Gasteiger partial charge in [0, 0.05) is 5.56 Å². The predicted octanol–water partition coefficient (Wildman–Crippen LogP) is 1.97. The molecule has 0 aliphatic rings. The molecule has 0 unspecified atom stereocenters. The van der Waals surface area contributed by atoms with Crippen molar-refractivity contribution in [2.75, 3.05) is 5.73 Å². The van der Waals surface area contributed by atoms with Gasteiger partial charge in [-0.15, -0.1) is 0 Å². The van der Waals surface area contributed by atoms with Crippen LogP contribution in [0.1, 0.15) is 10.5 Å². The van der Waals surface area contributed by atoms with Crippen LogP contribution in [0, 0.1) is 0 Å². The Morgan fingerprint density at radius 1 is 1.15 bits per heavy atom. The molecule has 0 fully saturated rings. The van der Waals surface area contributed by atoms with Crippen LogP contribution in [-0.2, 0) is 0 Å². The van der Waals surface area contributed by atoms with Crippen molar-refractivity contribution in [1.82, 2.24) is 4.98 Å². The lowest BCUT2D eigenvalue weighted by molar-refractivity contribution is 0.0996. The number of primary amides is 1. The summed E-state index contributed by atoms with van der Waals surface area (Å²) >= 11 is 0. The van der Waals surface area contributed by atoms with Crippen LogP contribution < -0.4 is 16.7 Å². The molecule has 1 heterocycles. The van der Waals surface area contributed by atoms with Gasteiger partial charge in [0.05, 0.1) is 19.5 Å². The number of aromatic nitrogens is 1. The van der Waals surface area contributed by atoms with Crippen molar-refractivity contribution in [3.8, 4) is 11.3 Å². The van der Waals surface area contributed by atoms with Crippen LogP contribution in [0.4, 0.5) is 5.69 Å². The van der Waals surface area contributed by atoms with Crippen LogP contribution in [0.3, 0.4) is 0 Å². The zero-order valence-corrected chi connectivity index (χ0v) is 13.0. The smallest absolute Gasteiger partial charge is 0.269 e. The quantitative estimate of drug-likeness (QED) is 0.846. The van der Waals surface area contributed by atoms with E-state index in [4.69, 9.17) is 11.5 Å². The van der Waals surface area contributed by atoms with Crippen LogP contribution in [0.25, 0.3) is 11.3 Å². The highest BCUT2D eigenvalue weighted by molar-refractivity contribution is 6.88. The standard InChI is InChI=1S/C15H19N3OSi/c1-20(2,3)11-6-4-5-10(9-11)13-8-7-12(16)14(18-13)15(17)19/h4-9H,16H2,1-3H3,(H2,17,19). The number of rotatable bonds is 3. The molecular weight excluding hydrogens is 266 g/mol. The van der Waals surface area contributed by atoms with Gasteiger partial charge in [-0.2, -0.15) is 0 Å². The fourth-order valence-corrected chi connectivity index (χ4v) is 3.16. The van der Waals surface area contributed by atoms with Gasteiger partial charge in [0.15, 0.2) is 5.69 Å². The molecule has 0 radical (unpaired) electrons. The van der Waals surface area contributed by atoms with E-state index in [-0.39, 0.29) is 5.69 Å². The molecule has 4 N–H and O–H groups in total. The summed E-state index contributed by atoms with van der Waals surface area (Å²) in [6.07, 6.45) is 0. The second kappa shape index (κ2) is 5.09. The third kappa shape index (κ3) is 2.88. The van der Waals surface area contributed by atoms with E-state index in [0.717, 1.165) is 5.56 Å². The maximum atomic E-state index is 11.3. The second-order valence-electron chi connectivity index (χ2n) is 5.83. The van der Waals surface area contributed by atoms with Crippen LogP contribution >= 0.6 is 0 Å². The van der Waals surface area contributed by atoms with E-state index >= 15 is 0 Å². The van der Waals surface area contributed by atoms with Crippen molar-refractivity contribution >= 4 is 24.9 Å². The topological polar surface area (TPSA) is 82.0 Å². The Balaban J connectivity index is 2.52. The largest absolute Gasteiger partial charge is 0.397 e. The molecule has 0 atom stereocenters. The van der Waals surface area contributed by atoms with Crippen molar-refractivity contribution in [2.45, 2.75) is 19.6 Å². The molecule has 20 heavy (non-hydrogen) atoms. The minimum atomic E-state index is -1.39. The van der Waals surface area contributed by atoms with Gasteiger partial charge in [0.1, 0.15) is 0 Å². The van der Waals surface area contributed by atoms with Crippen molar-refractivity contribution < 1.29 is 4.79 Å². The van der Waals surface area contributed by atoms with Gasteiger partial charge in [-0.1, -0.05) is 49.1 Å². The number of anilines is 1. The first-order chi connectivity index (χ1) is 9.29. The van der Waals surface area contributed by atoms with Crippen molar-refractivity contribution in [3.05, 3.63) is 42.1 Å². The maximum absolute atomic E-state index is 11.3. The van der Waals surface area contributed by atoms with Gasteiger partial charge in [0.25, 0.3) is 5.91 Å². The van der Waals surface area contributed by atoms with E-state index in [9.17, 15) is 4.79 Å². The lowest BCUT2D eigenvalue weighted by Crippen LogP contribution is -2.37. The number of hydrogen-bond acceptors (Lipinski definition) is 3. The van der Waals surface area contributed by atoms with E-state index in [1.165, 1.54) is 5.19 Å². The molecule has 2 rings (SSSR count). The van der Waals surface area contributed by atoms with E-state index in [0.29, 0.717) is 11.4 Å². The number of nitrogens with zero attached hydrogens (tertiary/aromatic N) is 1. The molecular formula is C15H19N3OSi. The summed E-state index contributed by atoms with van der Waals surface area (Å²) < 4.78 is 0. The summed E-state index contributed by atoms with van der Waals surface area (Å²) in [5.74, 6) is -0.606. The summed E-state index contributed by atoms with van der Waals surface area (Å²) in [5.41, 5.74) is 13.1. The Labute approximate surface area is 119 Å². The molecule has 0 saturated heterocycles. The number of hydrogen-bond donors (Lipinski definition) is 2. The molecule has 0 aliphatic heterocycles. The molecule has 1 amide bonds. The predicted molar refractivity (Wildman–Crippen MR) is 85.6 cm³/mol. The SMILES string of the molecule is C[Si](C)(C)c1cccc(-c2ccc(N)c(C(N)=O)n2)c1. The molecule has 0 bridgehead atoms. The highest BCUT2D eigenvalue weighted by Crippen LogP contribution is 2.20. The van der Waals surface area contributed by atoms with Gasteiger partial charge in [-0.25, -0.2) is 4.98 Å². The van der Waals surface area contributed by atoms with Gasteiger partial charge in [-0.05, 0) is 12.1 Å². The molecule has 0 spiro atoms. The van der Waals surface area contributed by atoms with Crippen LogP contribution in [0.15, 0.2) is 36.4 Å². The van der Waals surface area contributed by atoms with Gasteiger partial charge in [-0.3, -0.25) is 4.79 Å². The monoisotopic (exact) mass is 285 g/mol. The number of benzene rings is 1. The minimum absolute atomic E-state index is 0.126. The average molecular weight is 285 g/mol. The lowest BCUT2D eigenvalue weighted by Gasteiger charge is -2.17. The highest BCUT2D eigenvalue weighted by atomic mass is 28.3. The molecule has 0 aliphatic carbocycles. The summed E-state index contributed by atoms with van der Waals surface area (Å²) in [6, 6.07) is 11.8. The Morgan fingerprint density at radius 3 is 2.45 bits per heavy atom. The Kier molecular flexibility index (Phi) is 3.63. The third-order valence-electron chi connectivity index (χ3n) is 3.18. The highest BCUT2D eigenvalue weighted by Gasteiger charge is 2.17. The third-order valence-corrected chi connectivity index (χ3v) is 5.23. The van der Waals surface area contributed by atoms with Crippen molar-refractivity contribution in [1.29, 1.82) is 0 Å². The number of carbonyl (C=O) groups is 1. The lowest BCUT2D eigenvalue weighted by atomic mass is 10.1. The first-order valence-corrected chi connectivity index (χ1v) is 9.96. The molecule has 1 aromatic heterocycles. The van der Waals surface area contributed by atoms with Gasteiger partial charge >= 0.3 is 0 Å². The number of nitrogens with two attached hydrogens (primary N) is 2. The van der Waals surface area contributed by atoms with E-state index in [2.05, 4.69) is 36.8 Å². The fourth-order valence-electron chi connectivity index (χ4n) is 1.97. The Hall–Kier alpha value is -2.14. The molecule has 1 aromatic carbocycles. The Bertz CT molecular complexity index is 662. The maximum Gasteiger partial charge on any atom is 0.269 e. The summed E-state index contributed by atoms with van der Waals surface area (Å²) in [7, 11) is -1.39. The molecule has 4 nitrogen and oxygen atoms in total. The zero-order chi connectivity index (χ0) is 14.9. The first-order valence-electron chi connectivity index (χ1n) is 6.46. The molecule has 0 saturated carbocycles. The van der Waals surface area contributed by atoms with Gasteiger partial charge in [0.2, 0.25) is 0 Å². The summed E-state index contributed by atoms with van der Waals surface area (Å²) in [6.45, 7) is 6.87. The van der Waals surface area contributed by atoms with E-state index in [1.54, 1.807) is 6.07 Å². The second-order valence-corrected chi connectivity index (χ2v) is 10.9. The number of amides is 1. The normalized spacial score (nSPS) is 11.3. The fraction of sp³-hybridized carbons (Fsp3) is 0.200. The average Bonchev–Trinajstić information content (AvgIpc) is 2.38. The summed E-state index contributed by atoms with van der Waals surface area (Å²) in [4.78, 5) is 15.6. The van der Waals surface area contributed by atoms with Crippen molar-refractivity contribution in [3.63, 3.8) is 0 Å². The first kappa shape index (κ1) is 14.3. The van der Waals surface area contributed by atoms with Crippen LogP contribution in [0.5, 0.6) is 0 Å². The zero-order valence-electron chi connectivity index (χ0n) is 12.0. The summed E-state index contributed by atoms with van der Waals surface area (Å²) in [5, 5.41) is 1.34. The van der Waals surface area contributed by atoms with E-state index in [1.807, 2.05) is 18.2 Å². The van der Waals surface area contributed by atoms with E-state index < -0.39 is 14.0 Å². The molecule has 2 aromatic rings. The van der Waals surface area contributed by atoms with Gasteiger partial charge < -0.3 is 11.5 Å². The van der Waals surface area contributed by atoms with Crippen LogP contribution in [0.2, 0.25) is 19.6 Å². The molecule has 5 heteroatoms. The number of pyridine rings is 1. The number of nitrogen functional groups attached to an aromatic ring is 1. The minimum Gasteiger partial charge on any atom is -0.397 e. The molecule has 104 valence electrons. The Morgan fingerprint density at radius 2 is 1.85 bits per heavy atom. The number of carbonyl (C=O) groups excluding carboxylic acids is 1. The van der Waals surface area contributed by atoms with Crippen molar-refractivity contribution in [2.24, 2.45) is 5.73 Å². The van der Waals surface area contributed by atoms with Crippen LogP contribution in [-0.4, -0.2) is 19.0 Å².